The molecule has 0 saturated carbocycles. The molecular weight excluding hydrogens is 504 g/mol. The molecule has 4 aliphatic rings. The van der Waals surface area contributed by atoms with E-state index < -0.39 is 10.0 Å². The zero-order chi connectivity index (χ0) is 25.4. The average Bonchev–Trinajstić information content (AvgIpc) is 3.33. The van der Waals surface area contributed by atoms with E-state index in [1.807, 2.05) is 0 Å². The van der Waals surface area contributed by atoms with E-state index in [4.69, 9.17) is 16.7 Å². The van der Waals surface area contributed by atoms with Crippen molar-refractivity contribution in [2.24, 2.45) is 5.92 Å². The first-order valence-electron chi connectivity index (χ1n) is 13.0. The minimum atomic E-state index is -3.37. The Morgan fingerprint density at radius 2 is 1.83 bits per heavy atom. The number of sulfonamides is 1. The van der Waals surface area contributed by atoms with Crippen molar-refractivity contribution in [3.8, 4) is 0 Å². The fourth-order valence-electron chi connectivity index (χ4n) is 6.45. The smallest absolute Gasteiger partial charge is 0.253 e. The van der Waals surface area contributed by atoms with E-state index in [0.717, 1.165) is 57.3 Å². The number of rotatable bonds is 8. The number of halogens is 1. The summed E-state index contributed by atoms with van der Waals surface area (Å²) in [6.07, 6.45) is 5.58. The maximum absolute atomic E-state index is 13.4. The summed E-state index contributed by atoms with van der Waals surface area (Å²) >= 11 is 6.33. The number of carbonyl (C=O) groups is 2. The molecule has 0 spiro atoms. The summed E-state index contributed by atoms with van der Waals surface area (Å²) in [5.41, 5.74) is 1.75. The highest BCUT2D eigenvalue weighted by atomic mass is 35.5. The molecule has 3 atom stereocenters. The molecule has 198 valence electrons. The highest BCUT2D eigenvalue weighted by Gasteiger charge is 2.47. The van der Waals surface area contributed by atoms with E-state index in [1.165, 1.54) is 0 Å². The fraction of sp³-hybridized carbons (Fsp3) is 0.680. The molecule has 2 bridgehead atoms. The maximum Gasteiger partial charge on any atom is 0.253 e. The lowest BCUT2D eigenvalue weighted by Gasteiger charge is -2.39. The Morgan fingerprint density at radius 1 is 1.14 bits per heavy atom. The number of fused-ring (bicyclic) bond motifs is 3. The minimum Gasteiger partial charge on any atom is -0.396 e. The lowest BCUT2D eigenvalue weighted by molar-refractivity contribution is -0.115. The summed E-state index contributed by atoms with van der Waals surface area (Å²) < 4.78 is 28.6. The van der Waals surface area contributed by atoms with Gasteiger partial charge in [0.1, 0.15) is 0 Å². The molecule has 0 aromatic heterocycles. The van der Waals surface area contributed by atoms with Crippen LogP contribution in [0, 0.1) is 5.92 Å². The normalized spacial score (nSPS) is 27.2. The van der Waals surface area contributed by atoms with Crippen LogP contribution in [0.1, 0.15) is 60.9 Å². The van der Waals surface area contributed by atoms with E-state index in [1.54, 1.807) is 16.4 Å². The molecule has 0 radical (unpaired) electrons. The highest BCUT2D eigenvalue weighted by molar-refractivity contribution is 7.89. The molecule has 1 aromatic rings. The predicted octanol–water partition coefficient (Wildman–Crippen LogP) is 1.98. The largest absolute Gasteiger partial charge is 0.396 e. The van der Waals surface area contributed by atoms with Gasteiger partial charge in [0.05, 0.1) is 22.8 Å². The van der Waals surface area contributed by atoms with Crippen molar-refractivity contribution in [2.75, 3.05) is 37.3 Å². The fourth-order valence-corrected chi connectivity index (χ4v) is 9.09. The standard InChI is InChI=1S/C25H35ClN4O5S/c26-22-14-23-17(11-24(32)28-23)10-21(22)25(33)27-18-12-19-2-3-20(13-18)30(19)36(34,35)15-16-4-7-29(8-5-16)6-1-9-31/h10,14,16,18-20,31H,1-9,11-13,15H2,(H,27,33)(H,28,32)/t18-,19+,20-. The summed E-state index contributed by atoms with van der Waals surface area (Å²) in [6, 6.07) is 3.02. The molecule has 36 heavy (non-hydrogen) atoms. The lowest BCUT2D eigenvalue weighted by Crippen LogP contribution is -2.53. The van der Waals surface area contributed by atoms with E-state index in [9.17, 15) is 18.0 Å². The predicted molar refractivity (Wildman–Crippen MR) is 138 cm³/mol. The number of benzene rings is 1. The summed E-state index contributed by atoms with van der Waals surface area (Å²) in [6.45, 7) is 2.82. The van der Waals surface area contributed by atoms with Crippen LogP contribution >= 0.6 is 11.6 Å². The zero-order valence-electron chi connectivity index (χ0n) is 20.4. The Labute approximate surface area is 217 Å². The van der Waals surface area contributed by atoms with Gasteiger partial charge in [-0.15, -0.1) is 0 Å². The first-order chi connectivity index (χ1) is 17.2. The molecule has 0 aliphatic carbocycles. The van der Waals surface area contributed by atoms with Gasteiger partial charge in [-0.25, -0.2) is 8.42 Å². The summed E-state index contributed by atoms with van der Waals surface area (Å²) in [5.74, 6) is -0.0325. The molecule has 2 amide bonds. The Kier molecular flexibility index (Phi) is 7.61. The van der Waals surface area contributed by atoms with Gasteiger partial charge in [-0.05, 0) is 81.6 Å². The van der Waals surface area contributed by atoms with E-state index in [-0.39, 0.29) is 54.6 Å². The Hall–Kier alpha value is -1.72. The molecule has 3 fully saturated rings. The SMILES string of the molecule is O=C1Cc2cc(C(=O)N[C@H]3C[C@H]4CC[C@@H](C3)N4S(=O)(=O)CC3CCN(CCCO)CC3)c(Cl)cc2N1. The van der Waals surface area contributed by atoms with Crippen LogP contribution in [-0.4, -0.2) is 84.7 Å². The van der Waals surface area contributed by atoms with Gasteiger partial charge in [-0.2, -0.15) is 4.31 Å². The molecule has 3 saturated heterocycles. The van der Waals surface area contributed by atoms with Crippen molar-refractivity contribution >= 4 is 39.1 Å². The van der Waals surface area contributed by atoms with Crippen molar-refractivity contribution in [3.63, 3.8) is 0 Å². The molecule has 0 unspecified atom stereocenters. The highest BCUT2D eigenvalue weighted by Crippen LogP contribution is 2.39. The van der Waals surface area contributed by atoms with E-state index >= 15 is 0 Å². The topological polar surface area (TPSA) is 119 Å². The maximum atomic E-state index is 13.4. The summed E-state index contributed by atoms with van der Waals surface area (Å²) in [5, 5.41) is 15.1. The molecule has 4 aliphatic heterocycles. The number of nitrogens with one attached hydrogen (secondary N) is 2. The van der Waals surface area contributed by atoms with Crippen LogP contribution in [0.2, 0.25) is 5.02 Å². The van der Waals surface area contributed by atoms with Gasteiger partial charge in [-0.3, -0.25) is 9.59 Å². The van der Waals surface area contributed by atoms with Gasteiger partial charge in [0, 0.05) is 37.0 Å². The second kappa shape index (κ2) is 10.6. The van der Waals surface area contributed by atoms with Crippen molar-refractivity contribution in [1.82, 2.24) is 14.5 Å². The molecule has 9 nitrogen and oxygen atoms in total. The zero-order valence-corrected chi connectivity index (χ0v) is 22.0. The number of hydrogen-bond donors (Lipinski definition) is 3. The quantitative estimate of drug-likeness (QED) is 0.466. The Bertz CT molecular complexity index is 1110. The van der Waals surface area contributed by atoms with Crippen molar-refractivity contribution in [1.29, 1.82) is 0 Å². The van der Waals surface area contributed by atoms with Gasteiger partial charge in [0.2, 0.25) is 15.9 Å². The van der Waals surface area contributed by atoms with Gasteiger partial charge >= 0.3 is 0 Å². The first-order valence-corrected chi connectivity index (χ1v) is 15.0. The summed E-state index contributed by atoms with van der Waals surface area (Å²) in [4.78, 5) is 27.0. The van der Waals surface area contributed by atoms with Gasteiger partial charge in [-0.1, -0.05) is 11.6 Å². The van der Waals surface area contributed by atoms with Crippen LogP contribution < -0.4 is 10.6 Å². The summed E-state index contributed by atoms with van der Waals surface area (Å²) in [7, 11) is -3.37. The van der Waals surface area contributed by atoms with Crippen LogP contribution in [0.5, 0.6) is 0 Å². The number of likely N-dealkylation sites (tertiary alicyclic amines) is 1. The minimum absolute atomic E-state index is 0.0824. The number of aliphatic hydroxyl groups is 1. The van der Waals surface area contributed by atoms with Crippen LogP contribution in [0.25, 0.3) is 0 Å². The van der Waals surface area contributed by atoms with Crippen LogP contribution in [-0.2, 0) is 21.2 Å². The van der Waals surface area contributed by atoms with Crippen molar-refractivity contribution in [2.45, 2.75) is 69.5 Å². The van der Waals surface area contributed by atoms with E-state index in [2.05, 4.69) is 15.5 Å². The van der Waals surface area contributed by atoms with Crippen LogP contribution in [0.4, 0.5) is 5.69 Å². The number of amides is 2. The number of nitrogens with zero attached hydrogens (tertiary/aromatic N) is 2. The number of aliphatic hydroxyl groups excluding tert-OH is 1. The average molecular weight is 539 g/mol. The number of piperidine rings is 2. The third-order valence-electron chi connectivity index (χ3n) is 8.17. The molecule has 1 aromatic carbocycles. The number of carbonyl (C=O) groups excluding carboxylic acids is 2. The third kappa shape index (κ3) is 5.43. The van der Waals surface area contributed by atoms with E-state index in [0.29, 0.717) is 29.1 Å². The third-order valence-corrected chi connectivity index (χ3v) is 10.6. The molecule has 4 heterocycles. The number of anilines is 1. The molecule has 5 rings (SSSR count). The molecule has 11 heteroatoms. The molecule has 3 N–H and O–H groups in total. The van der Waals surface area contributed by atoms with Gasteiger partial charge < -0.3 is 20.6 Å². The lowest BCUT2D eigenvalue weighted by atomic mass is 9.99. The van der Waals surface area contributed by atoms with Crippen molar-refractivity contribution in [3.05, 3.63) is 28.3 Å². The van der Waals surface area contributed by atoms with Crippen LogP contribution in [0.15, 0.2) is 12.1 Å². The van der Waals surface area contributed by atoms with Gasteiger partial charge in [0.25, 0.3) is 5.91 Å². The number of hydrogen-bond acceptors (Lipinski definition) is 6. The monoisotopic (exact) mass is 538 g/mol. The van der Waals surface area contributed by atoms with Crippen molar-refractivity contribution < 1.29 is 23.1 Å². The van der Waals surface area contributed by atoms with Gasteiger partial charge in [0.15, 0.2) is 0 Å². The Balaban J connectivity index is 1.18. The first kappa shape index (κ1) is 25.9. The Morgan fingerprint density at radius 3 is 2.50 bits per heavy atom. The second-order valence-electron chi connectivity index (χ2n) is 10.7. The molecular formula is C25H35ClN4O5S. The van der Waals surface area contributed by atoms with Crippen LogP contribution in [0.3, 0.4) is 0 Å². The second-order valence-corrected chi connectivity index (χ2v) is 13.0.